The number of aromatic nitrogens is 1. The third kappa shape index (κ3) is 4.08. The van der Waals surface area contributed by atoms with Crippen LogP contribution in [0.15, 0.2) is 182 Å². The number of pyridine rings is 1. The summed E-state index contributed by atoms with van der Waals surface area (Å²) >= 11 is 0. The minimum absolute atomic E-state index is 0.439. The fourth-order valence-electron chi connectivity index (χ4n) is 8.32. The smallest absolute Gasteiger partial charge is 0.0754 e. The van der Waals surface area contributed by atoms with E-state index >= 15 is 0 Å². The van der Waals surface area contributed by atoms with Crippen molar-refractivity contribution in [1.82, 2.24) is 4.98 Å². The van der Waals surface area contributed by atoms with E-state index in [1.807, 2.05) is 12.3 Å². The molecule has 10 rings (SSSR count). The highest BCUT2D eigenvalue weighted by atomic mass is 15.2. The van der Waals surface area contributed by atoms with E-state index in [9.17, 15) is 0 Å². The Balaban J connectivity index is 1.16. The van der Waals surface area contributed by atoms with Gasteiger partial charge in [-0.25, -0.2) is 0 Å². The van der Waals surface area contributed by atoms with E-state index in [0.29, 0.717) is 0 Å². The van der Waals surface area contributed by atoms with Crippen molar-refractivity contribution in [1.29, 1.82) is 0 Å². The summed E-state index contributed by atoms with van der Waals surface area (Å²) in [5, 5.41) is 1.12. The Hall–Kier alpha value is -6.69. The zero-order valence-corrected chi connectivity index (χ0v) is 27.2. The lowest BCUT2D eigenvalue weighted by Crippen LogP contribution is -2.36. The van der Waals surface area contributed by atoms with E-state index in [4.69, 9.17) is 0 Å². The van der Waals surface area contributed by atoms with Gasteiger partial charge in [0.2, 0.25) is 0 Å². The molecule has 0 unspecified atom stereocenters. The standard InChI is InChI=1S/C48H30N2/c1-3-17-37(35-29-30-44-36(32-35)16-13-31-49-44)33(14-1)27-28-34-15-2-10-24-45(34)50-46-25-11-8-22-42(46)48(43-23-9-12-26-47(43)50)40-20-6-4-18-38(40)39-19-5-7-21-41(39)48/h1-26,29-32H. The van der Waals surface area contributed by atoms with E-state index in [0.717, 1.165) is 50.2 Å². The van der Waals surface area contributed by atoms with Gasteiger partial charge in [0.25, 0.3) is 0 Å². The van der Waals surface area contributed by atoms with E-state index in [1.54, 1.807) is 0 Å². The molecule has 8 aromatic rings. The summed E-state index contributed by atoms with van der Waals surface area (Å²) in [5.74, 6) is 7.21. The second-order valence-corrected chi connectivity index (χ2v) is 12.9. The number of para-hydroxylation sites is 3. The molecule has 2 aliphatic rings. The Morgan fingerprint density at radius 3 is 1.62 bits per heavy atom. The van der Waals surface area contributed by atoms with Crippen LogP contribution < -0.4 is 4.90 Å². The predicted octanol–water partition coefficient (Wildman–Crippen LogP) is 11.4. The normalized spacial score (nSPS) is 13.2. The van der Waals surface area contributed by atoms with Crippen molar-refractivity contribution >= 4 is 28.0 Å². The molecule has 1 aliphatic carbocycles. The van der Waals surface area contributed by atoms with Gasteiger partial charge in [-0.05, 0) is 93.0 Å². The van der Waals surface area contributed by atoms with Crippen LogP contribution in [0.1, 0.15) is 33.4 Å². The molecule has 0 amide bonds. The number of hydrogen-bond acceptors (Lipinski definition) is 2. The minimum Gasteiger partial charge on any atom is -0.309 e. The maximum absolute atomic E-state index is 4.51. The summed E-state index contributed by atoms with van der Waals surface area (Å²) in [6.45, 7) is 0. The first-order chi connectivity index (χ1) is 24.8. The number of benzene rings is 7. The van der Waals surface area contributed by atoms with Crippen molar-refractivity contribution in [2.75, 3.05) is 4.90 Å². The molecular formula is C48H30N2. The molecule has 1 aliphatic heterocycles. The Morgan fingerprint density at radius 2 is 0.940 bits per heavy atom. The van der Waals surface area contributed by atoms with Gasteiger partial charge in [0.15, 0.2) is 0 Å². The molecule has 232 valence electrons. The van der Waals surface area contributed by atoms with Crippen LogP contribution in [-0.4, -0.2) is 4.98 Å². The summed E-state index contributed by atoms with van der Waals surface area (Å²) < 4.78 is 0. The molecule has 2 heteroatoms. The van der Waals surface area contributed by atoms with Crippen LogP contribution in [0.3, 0.4) is 0 Å². The lowest BCUT2D eigenvalue weighted by molar-refractivity contribution is 0.752. The minimum atomic E-state index is -0.439. The molecule has 7 aromatic carbocycles. The van der Waals surface area contributed by atoms with Gasteiger partial charge in [0.05, 0.1) is 28.0 Å². The lowest BCUT2D eigenvalue weighted by Gasteiger charge is -2.45. The molecule has 2 heterocycles. The zero-order chi connectivity index (χ0) is 33.1. The highest BCUT2D eigenvalue weighted by Crippen LogP contribution is 2.63. The summed E-state index contributed by atoms with van der Waals surface area (Å²) in [5.41, 5.74) is 15.9. The van der Waals surface area contributed by atoms with Crippen LogP contribution in [-0.2, 0) is 5.41 Å². The quantitative estimate of drug-likeness (QED) is 0.176. The fraction of sp³-hybridized carbons (Fsp3) is 0.0208. The maximum Gasteiger partial charge on any atom is 0.0754 e. The second kappa shape index (κ2) is 11.2. The number of hydrogen-bond donors (Lipinski definition) is 0. The van der Waals surface area contributed by atoms with Gasteiger partial charge in [0.1, 0.15) is 0 Å². The first-order valence-corrected chi connectivity index (χ1v) is 17.1. The van der Waals surface area contributed by atoms with Crippen molar-refractivity contribution < 1.29 is 0 Å². The molecule has 1 aromatic heterocycles. The molecule has 2 nitrogen and oxygen atoms in total. The highest BCUT2D eigenvalue weighted by Gasteiger charge is 2.51. The molecule has 0 radical (unpaired) electrons. The summed E-state index contributed by atoms with van der Waals surface area (Å²) in [4.78, 5) is 6.94. The van der Waals surface area contributed by atoms with Crippen LogP contribution in [0.5, 0.6) is 0 Å². The Kier molecular flexibility index (Phi) is 6.34. The average molecular weight is 635 g/mol. The number of rotatable bonds is 2. The summed E-state index contributed by atoms with van der Waals surface area (Å²) in [6.07, 6.45) is 1.84. The average Bonchev–Trinajstić information content (AvgIpc) is 3.48. The van der Waals surface area contributed by atoms with E-state index in [2.05, 4.69) is 192 Å². The zero-order valence-electron chi connectivity index (χ0n) is 27.2. The van der Waals surface area contributed by atoms with Crippen LogP contribution in [0.2, 0.25) is 0 Å². The number of fused-ring (bicyclic) bond motifs is 10. The van der Waals surface area contributed by atoms with Crippen molar-refractivity contribution in [2.24, 2.45) is 0 Å². The van der Waals surface area contributed by atoms with Crippen LogP contribution >= 0.6 is 0 Å². The first-order valence-electron chi connectivity index (χ1n) is 17.1. The summed E-state index contributed by atoms with van der Waals surface area (Å²) in [6, 6.07) is 63.2. The third-order valence-corrected chi connectivity index (χ3v) is 10.4. The topological polar surface area (TPSA) is 16.1 Å². The molecule has 0 fully saturated rings. The number of anilines is 3. The van der Waals surface area contributed by atoms with Crippen molar-refractivity contribution in [3.05, 3.63) is 216 Å². The molecule has 1 spiro atoms. The molecule has 0 saturated heterocycles. The van der Waals surface area contributed by atoms with Crippen molar-refractivity contribution in [3.63, 3.8) is 0 Å². The lowest BCUT2D eigenvalue weighted by atomic mass is 9.64. The molecule has 50 heavy (non-hydrogen) atoms. The van der Waals surface area contributed by atoms with Crippen molar-refractivity contribution in [3.8, 4) is 34.1 Å². The largest absolute Gasteiger partial charge is 0.309 e. The van der Waals surface area contributed by atoms with E-state index in [1.165, 1.54) is 33.4 Å². The van der Waals surface area contributed by atoms with Crippen molar-refractivity contribution in [2.45, 2.75) is 5.41 Å². The maximum atomic E-state index is 4.51. The molecule has 0 atom stereocenters. The summed E-state index contributed by atoms with van der Waals surface area (Å²) in [7, 11) is 0. The van der Waals surface area contributed by atoms with Gasteiger partial charge >= 0.3 is 0 Å². The van der Waals surface area contributed by atoms with E-state index < -0.39 is 5.41 Å². The molecule has 0 N–H and O–H groups in total. The van der Waals surface area contributed by atoms with Gasteiger partial charge in [-0.1, -0.05) is 139 Å². The van der Waals surface area contributed by atoms with Gasteiger partial charge in [-0.3, -0.25) is 4.98 Å². The fourth-order valence-corrected chi connectivity index (χ4v) is 8.32. The van der Waals surface area contributed by atoms with Crippen LogP contribution in [0.25, 0.3) is 33.2 Å². The Bertz CT molecular complexity index is 2600. The predicted molar refractivity (Wildman–Crippen MR) is 205 cm³/mol. The Labute approximate surface area is 292 Å². The third-order valence-electron chi connectivity index (χ3n) is 10.4. The Morgan fingerprint density at radius 1 is 0.420 bits per heavy atom. The van der Waals surface area contributed by atoms with Crippen LogP contribution in [0, 0.1) is 11.8 Å². The second-order valence-electron chi connectivity index (χ2n) is 12.9. The van der Waals surface area contributed by atoms with Gasteiger partial charge < -0.3 is 4.90 Å². The molecule has 0 bridgehead atoms. The first kappa shape index (κ1) is 28.3. The van der Waals surface area contributed by atoms with E-state index in [-0.39, 0.29) is 0 Å². The highest BCUT2D eigenvalue weighted by molar-refractivity contribution is 5.96. The van der Waals surface area contributed by atoms with Gasteiger partial charge in [0, 0.05) is 22.7 Å². The number of nitrogens with zero attached hydrogens (tertiary/aromatic N) is 2. The molecule has 0 saturated carbocycles. The van der Waals surface area contributed by atoms with Gasteiger partial charge in [-0.15, -0.1) is 0 Å². The monoisotopic (exact) mass is 634 g/mol. The van der Waals surface area contributed by atoms with Crippen LogP contribution in [0.4, 0.5) is 17.1 Å². The molecular weight excluding hydrogens is 605 g/mol. The van der Waals surface area contributed by atoms with Gasteiger partial charge in [-0.2, -0.15) is 0 Å². The SMILES string of the molecule is C(#Cc1ccccc1N1c2ccccc2C2(c3ccccc3-c3ccccc32)c2ccccc21)c1ccccc1-c1ccc2ncccc2c1.